The van der Waals surface area contributed by atoms with Crippen molar-refractivity contribution < 1.29 is 0 Å². The Labute approximate surface area is 78.6 Å². The maximum Gasteiger partial charge on any atom is 0.148 e. The maximum atomic E-state index is 3.97. The predicted octanol–water partition coefficient (Wildman–Crippen LogP) is 1.93. The van der Waals surface area contributed by atoms with Gasteiger partial charge < -0.3 is 5.32 Å². The van der Waals surface area contributed by atoms with E-state index < -0.39 is 0 Å². The average Bonchev–Trinajstić information content (AvgIpc) is 2.99. The molecule has 1 unspecified atom stereocenters. The predicted molar refractivity (Wildman–Crippen MR) is 52.4 cm³/mol. The maximum absolute atomic E-state index is 3.97. The van der Waals surface area contributed by atoms with Crippen LogP contribution in [0, 0.1) is 11.8 Å². The zero-order chi connectivity index (χ0) is 9.10. The van der Waals surface area contributed by atoms with Gasteiger partial charge in [-0.2, -0.15) is 5.10 Å². The topological polar surface area (TPSA) is 37.8 Å². The lowest BCUT2D eigenvalue weighted by Gasteiger charge is -2.10. The van der Waals surface area contributed by atoms with Crippen molar-refractivity contribution in [1.82, 2.24) is 10.2 Å². The van der Waals surface area contributed by atoms with Crippen LogP contribution in [0.15, 0.2) is 18.3 Å². The van der Waals surface area contributed by atoms with Gasteiger partial charge in [-0.15, -0.1) is 5.10 Å². The molecule has 0 spiro atoms. The Balaban J connectivity index is 1.78. The van der Waals surface area contributed by atoms with E-state index in [2.05, 4.69) is 22.4 Å². The van der Waals surface area contributed by atoms with Crippen LogP contribution in [0.25, 0.3) is 0 Å². The van der Waals surface area contributed by atoms with Gasteiger partial charge in [0.25, 0.3) is 0 Å². The van der Waals surface area contributed by atoms with Crippen LogP contribution in [-0.4, -0.2) is 16.7 Å². The lowest BCUT2D eigenvalue weighted by atomic mass is 10.1. The van der Waals surface area contributed by atoms with Gasteiger partial charge in [0.05, 0.1) is 0 Å². The van der Waals surface area contributed by atoms with Crippen LogP contribution in [0.1, 0.15) is 19.8 Å². The molecule has 1 aromatic heterocycles. The monoisotopic (exact) mass is 177 g/mol. The zero-order valence-electron chi connectivity index (χ0n) is 7.90. The molecule has 0 aromatic carbocycles. The second kappa shape index (κ2) is 3.73. The van der Waals surface area contributed by atoms with Gasteiger partial charge >= 0.3 is 0 Å². The van der Waals surface area contributed by atoms with Crippen molar-refractivity contribution in [2.45, 2.75) is 19.8 Å². The first-order valence-corrected chi connectivity index (χ1v) is 4.88. The fourth-order valence-corrected chi connectivity index (χ4v) is 1.49. The summed E-state index contributed by atoms with van der Waals surface area (Å²) in [6, 6.07) is 3.85. The Hall–Kier alpha value is -1.12. The molecule has 1 saturated carbocycles. The van der Waals surface area contributed by atoms with Crippen LogP contribution in [-0.2, 0) is 0 Å². The molecule has 0 bridgehead atoms. The van der Waals surface area contributed by atoms with E-state index in [-0.39, 0.29) is 0 Å². The van der Waals surface area contributed by atoms with Crippen molar-refractivity contribution in [2.75, 3.05) is 11.9 Å². The molecule has 1 N–H and O–H groups in total. The summed E-state index contributed by atoms with van der Waals surface area (Å²) in [5.74, 6) is 2.60. The summed E-state index contributed by atoms with van der Waals surface area (Å²) < 4.78 is 0. The second-order valence-electron chi connectivity index (χ2n) is 3.80. The third-order valence-electron chi connectivity index (χ3n) is 2.60. The fourth-order valence-electron chi connectivity index (χ4n) is 1.49. The van der Waals surface area contributed by atoms with Crippen LogP contribution in [0.4, 0.5) is 5.82 Å². The number of nitrogens with zero attached hydrogens (tertiary/aromatic N) is 2. The van der Waals surface area contributed by atoms with E-state index in [9.17, 15) is 0 Å². The minimum absolute atomic E-state index is 0.766. The summed E-state index contributed by atoms with van der Waals surface area (Å²) in [6.45, 7) is 3.31. The fraction of sp³-hybridized carbons (Fsp3) is 0.600. The second-order valence-corrected chi connectivity index (χ2v) is 3.80. The molecular weight excluding hydrogens is 162 g/mol. The normalized spacial score (nSPS) is 18.2. The van der Waals surface area contributed by atoms with E-state index in [0.29, 0.717) is 0 Å². The molecule has 3 heteroatoms. The highest BCUT2D eigenvalue weighted by Gasteiger charge is 2.27. The van der Waals surface area contributed by atoms with E-state index in [4.69, 9.17) is 0 Å². The lowest BCUT2D eigenvalue weighted by Crippen LogP contribution is -2.13. The van der Waals surface area contributed by atoms with Crippen molar-refractivity contribution in [2.24, 2.45) is 11.8 Å². The van der Waals surface area contributed by atoms with E-state index in [1.807, 2.05) is 12.1 Å². The van der Waals surface area contributed by atoms with E-state index >= 15 is 0 Å². The van der Waals surface area contributed by atoms with Gasteiger partial charge in [-0.05, 0) is 36.8 Å². The first-order valence-electron chi connectivity index (χ1n) is 4.88. The Morgan fingerprint density at radius 2 is 2.46 bits per heavy atom. The molecule has 1 heterocycles. The number of anilines is 1. The summed E-state index contributed by atoms with van der Waals surface area (Å²) >= 11 is 0. The third-order valence-corrected chi connectivity index (χ3v) is 2.60. The standard InChI is InChI=1S/C10H15N3/c1-8(9-4-5-9)7-11-10-3-2-6-12-13-10/h2-3,6,8-9H,4-5,7H2,1H3,(H,11,13). The molecule has 0 amide bonds. The average molecular weight is 177 g/mol. The molecule has 0 saturated heterocycles. The van der Waals surface area contributed by atoms with Crippen molar-refractivity contribution in [3.8, 4) is 0 Å². The molecule has 3 nitrogen and oxygen atoms in total. The van der Waals surface area contributed by atoms with Gasteiger partial charge in [0.15, 0.2) is 0 Å². The Morgan fingerprint density at radius 1 is 1.62 bits per heavy atom. The Bertz CT molecular complexity index is 256. The summed E-state index contributed by atoms with van der Waals surface area (Å²) in [6.07, 6.45) is 4.50. The summed E-state index contributed by atoms with van der Waals surface area (Å²) in [5.41, 5.74) is 0. The van der Waals surface area contributed by atoms with Crippen LogP contribution in [0.3, 0.4) is 0 Å². The molecule has 1 atom stereocenters. The number of hydrogen-bond donors (Lipinski definition) is 1. The first-order chi connectivity index (χ1) is 6.36. The molecule has 13 heavy (non-hydrogen) atoms. The summed E-state index contributed by atoms with van der Waals surface area (Å²) in [4.78, 5) is 0. The molecule has 1 aromatic rings. The quantitative estimate of drug-likeness (QED) is 0.763. The SMILES string of the molecule is CC(CNc1cccnn1)C1CC1. The first kappa shape index (κ1) is 8.48. The molecule has 0 aliphatic heterocycles. The van der Waals surface area contributed by atoms with Crippen LogP contribution >= 0.6 is 0 Å². The van der Waals surface area contributed by atoms with Gasteiger partial charge in [-0.3, -0.25) is 0 Å². The number of nitrogens with one attached hydrogen (secondary N) is 1. The largest absolute Gasteiger partial charge is 0.368 e. The summed E-state index contributed by atoms with van der Waals surface area (Å²) in [7, 11) is 0. The number of hydrogen-bond acceptors (Lipinski definition) is 3. The van der Waals surface area contributed by atoms with Gasteiger partial charge in [0.2, 0.25) is 0 Å². The minimum Gasteiger partial charge on any atom is -0.368 e. The van der Waals surface area contributed by atoms with E-state index in [1.54, 1.807) is 6.20 Å². The van der Waals surface area contributed by atoms with Gasteiger partial charge in [-0.1, -0.05) is 6.92 Å². The molecule has 0 radical (unpaired) electrons. The van der Waals surface area contributed by atoms with E-state index in [1.165, 1.54) is 12.8 Å². The number of rotatable bonds is 4. The van der Waals surface area contributed by atoms with Crippen molar-refractivity contribution in [1.29, 1.82) is 0 Å². The highest BCUT2D eigenvalue weighted by molar-refractivity contribution is 5.31. The Morgan fingerprint density at radius 3 is 3.08 bits per heavy atom. The van der Waals surface area contributed by atoms with Gasteiger partial charge in [-0.25, -0.2) is 0 Å². The van der Waals surface area contributed by atoms with Crippen LogP contribution in [0.5, 0.6) is 0 Å². The lowest BCUT2D eigenvalue weighted by molar-refractivity contribution is 0.535. The van der Waals surface area contributed by atoms with E-state index in [0.717, 1.165) is 24.2 Å². The smallest absolute Gasteiger partial charge is 0.148 e. The zero-order valence-corrected chi connectivity index (χ0v) is 7.90. The molecule has 1 aliphatic rings. The van der Waals surface area contributed by atoms with Crippen LogP contribution < -0.4 is 5.32 Å². The van der Waals surface area contributed by atoms with Crippen molar-refractivity contribution in [3.63, 3.8) is 0 Å². The molecule has 70 valence electrons. The Kier molecular flexibility index (Phi) is 2.43. The molecular formula is C10H15N3. The minimum atomic E-state index is 0.766. The molecule has 2 rings (SSSR count). The highest BCUT2D eigenvalue weighted by atomic mass is 15.2. The van der Waals surface area contributed by atoms with Crippen molar-refractivity contribution >= 4 is 5.82 Å². The van der Waals surface area contributed by atoms with Crippen LogP contribution in [0.2, 0.25) is 0 Å². The molecule has 1 aliphatic carbocycles. The third kappa shape index (κ3) is 2.41. The van der Waals surface area contributed by atoms with Crippen molar-refractivity contribution in [3.05, 3.63) is 18.3 Å². The van der Waals surface area contributed by atoms with Gasteiger partial charge in [0.1, 0.15) is 5.82 Å². The molecule has 1 fully saturated rings. The van der Waals surface area contributed by atoms with Gasteiger partial charge in [0, 0.05) is 12.7 Å². The summed E-state index contributed by atoms with van der Waals surface area (Å²) in [5, 5.41) is 11.1. The number of aromatic nitrogens is 2. The highest BCUT2D eigenvalue weighted by Crippen LogP contribution is 2.36.